The number of carbonyl (C=O) groups is 5. The first-order valence-corrected chi connectivity index (χ1v) is 17.6. The maximum Gasteiger partial charge on any atom is 0.335 e. The highest BCUT2D eigenvalue weighted by Crippen LogP contribution is 2.36. The Balaban J connectivity index is 1.30. The van der Waals surface area contributed by atoms with E-state index in [-0.39, 0.29) is 0 Å². The second kappa shape index (κ2) is 19.1. The number of carboxylic acids is 5. The van der Waals surface area contributed by atoms with E-state index in [1.54, 1.807) is 0 Å². The molecule has 0 amide bonds. The highest BCUT2D eigenvalue weighted by atomic mass is 16.8. The number of aliphatic hydroxyl groups excluding tert-OH is 12. The van der Waals surface area contributed by atoms with E-state index in [9.17, 15) is 111 Å². The van der Waals surface area contributed by atoms with E-state index >= 15 is 0 Å². The summed E-state index contributed by atoms with van der Waals surface area (Å²) in [6, 6.07) is 0. The Morgan fingerprint density at radius 2 is 0.508 bits per heavy atom. The van der Waals surface area contributed by atoms with Gasteiger partial charge in [0.2, 0.25) is 0 Å². The van der Waals surface area contributed by atoms with Crippen LogP contribution in [0.15, 0.2) is 0 Å². The Morgan fingerprint density at radius 1 is 0.279 bits per heavy atom. The molecule has 31 nitrogen and oxygen atoms in total. The van der Waals surface area contributed by atoms with Gasteiger partial charge in [-0.25, -0.2) is 24.0 Å². The first-order valence-electron chi connectivity index (χ1n) is 17.6. The Morgan fingerprint density at radius 3 is 0.787 bits per heavy atom. The predicted molar refractivity (Wildman–Crippen MR) is 169 cm³/mol. The lowest BCUT2D eigenvalue weighted by Gasteiger charge is -2.48. The molecule has 0 spiro atoms. The van der Waals surface area contributed by atoms with E-state index < -0.39 is 183 Å². The molecule has 0 aromatic heterocycles. The maximum atomic E-state index is 12.3. The summed E-state index contributed by atoms with van der Waals surface area (Å²) in [5.74, 6) is -9.88. The number of aliphatic carboxylic acids is 5. The number of aliphatic hydroxyl groups is 12. The van der Waals surface area contributed by atoms with Gasteiger partial charge in [0.25, 0.3) is 0 Å². The molecule has 0 aromatic carbocycles. The Kier molecular flexibility index (Phi) is 15.2. The third-order valence-electron chi connectivity index (χ3n) is 10.1. The van der Waals surface area contributed by atoms with Crippen LogP contribution in [0.3, 0.4) is 0 Å². The Labute approximate surface area is 337 Å². The lowest BCUT2D eigenvalue weighted by molar-refractivity contribution is -0.383. The molecule has 0 aliphatic carbocycles. The van der Waals surface area contributed by atoms with Crippen molar-refractivity contribution < 1.29 is 153 Å². The summed E-state index contributed by atoms with van der Waals surface area (Å²) in [5, 5.41) is 174. The van der Waals surface area contributed by atoms with E-state index in [0.29, 0.717) is 0 Å². The Bertz CT molecular complexity index is 1600. The summed E-state index contributed by atoms with van der Waals surface area (Å²) in [5.41, 5.74) is 0. The van der Waals surface area contributed by atoms with Crippen LogP contribution in [0.2, 0.25) is 0 Å². The molecule has 0 radical (unpaired) electrons. The molecule has 0 saturated carbocycles. The molecule has 5 aliphatic heterocycles. The lowest BCUT2D eigenvalue weighted by Crippen LogP contribution is -2.69. The van der Waals surface area contributed by atoms with E-state index in [1.165, 1.54) is 0 Å². The number of hydrogen-bond acceptors (Lipinski definition) is 26. The largest absolute Gasteiger partial charge is 0.479 e. The van der Waals surface area contributed by atoms with Gasteiger partial charge in [0.1, 0.15) is 91.6 Å². The van der Waals surface area contributed by atoms with Gasteiger partial charge in [0.05, 0.1) is 0 Å². The van der Waals surface area contributed by atoms with Crippen LogP contribution in [0.4, 0.5) is 0 Å². The molecule has 17 N–H and O–H groups in total. The molecule has 5 rings (SSSR count). The third-order valence-corrected chi connectivity index (χ3v) is 10.1. The smallest absolute Gasteiger partial charge is 0.335 e. The number of rotatable bonds is 13. The van der Waals surface area contributed by atoms with Gasteiger partial charge in [-0.3, -0.25) is 0 Å². The number of hydrogen-bond donors (Lipinski definition) is 17. The molecule has 25 atom stereocenters. The van der Waals surface area contributed by atoms with Gasteiger partial charge in [-0.15, -0.1) is 0 Å². The third kappa shape index (κ3) is 9.56. The van der Waals surface area contributed by atoms with Crippen LogP contribution in [-0.2, 0) is 66.6 Å². The minimum atomic E-state index is -2.56. The summed E-state index contributed by atoms with van der Waals surface area (Å²) in [4.78, 5) is 59.9. The van der Waals surface area contributed by atoms with Crippen molar-refractivity contribution in [3.8, 4) is 0 Å². The average molecular weight is 899 g/mol. The standard InChI is InChI=1S/C30H42O31/c31-1-2(32)16(21(42)43)58-27(8(1)38)55-13-4(34)10(40)29(60-18(13)23(46)47)57-15-6(36)11(41)30(61-20(15)25(50)51)56-14-5(35)9(39)28(59-19(14)24(48)49)54-12-3(33)7(37)26(52)53-17(12)22(44)45/h1-20,26-41,52H,(H,42,43)(H,44,45)(H,46,47)(H,48,49)(H,50,51)/t1-,2+,3+,4+,5+,6+,7+,8+,9+,10+,11+,12+,13+,14+,15+,16-,17-,18-,19-,20-,26?,27-,28-,29-,30-/m0/s1. The molecule has 5 aliphatic rings. The zero-order valence-corrected chi connectivity index (χ0v) is 30.3. The second-order valence-corrected chi connectivity index (χ2v) is 14.1. The van der Waals surface area contributed by atoms with Crippen molar-refractivity contribution in [2.45, 2.75) is 154 Å². The Hall–Kier alpha value is -3.49. The van der Waals surface area contributed by atoms with Crippen LogP contribution < -0.4 is 0 Å². The van der Waals surface area contributed by atoms with Crippen molar-refractivity contribution in [3.05, 3.63) is 0 Å². The van der Waals surface area contributed by atoms with Crippen molar-refractivity contribution in [3.63, 3.8) is 0 Å². The van der Waals surface area contributed by atoms with Gasteiger partial charge in [0.15, 0.2) is 62.0 Å². The van der Waals surface area contributed by atoms with Crippen molar-refractivity contribution in [1.29, 1.82) is 0 Å². The predicted octanol–water partition coefficient (Wildman–Crippen LogP) is -11.5. The van der Waals surface area contributed by atoms with Crippen molar-refractivity contribution in [2.75, 3.05) is 0 Å². The highest BCUT2D eigenvalue weighted by molar-refractivity contribution is 5.75. The van der Waals surface area contributed by atoms with Gasteiger partial charge in [-0.1, -0.05) is 0 Å². The molecule has 5 fully saturated rings. The zero-order chi connectivity index (χ0) is 45.7. The first-order chi connectivity index (χ1) is 28.4. The number of carboxylic acid groups (broad SMARTS) is 5. The maximum absolute atomic E-state index is 12.3. The topological polar surface area (TPSA) is 512 Å². The van der Waals surface area contributed by atoms with Crippen LogP contribution >= 0.6 is 0 Å². The molecule has 1 unspecified atom stereocenters. The average Bonchev–Trinajstić information content (AvgIpc) is 3.18. The fraction of sp³-hybridized carbons (Fsp3) is 0.833. The van der Waals surface area contributed by atoms with Crippen molar-refractivity contribution >= 4 is 29.8 Å². The van der Waals surface area contributed by atoms with Gasteiger partial charge >= 0.3 is 29.8 Å². The van der Waals surface area contributed by atoms with Gasteiger partial charge in [0, 0.05) is 0 Å². The lowest BCUT2D eigenvalue weighted by atomic mass is 9.95. The molecule has 31 heteroatoms. The van der Waals surface area contributed by atoms with Crippen LogP contribution in [0.5, 0.6) is 0 Å². The number of ether oxygens (including phenoxy) is 9. The van der Waals surface area contributed by atoms with Gasteiger partial charge < -0.3 is 129 Å². The van der Waals surface area contributed by atoms with E-state index in [4.69, 9.17) is 37.9 Å². The zero-order valence-electron chi connectivity index (χ0n) is 30.3. The summed E-state index contributed by atoms with van der Waals surface area (Å²) in [6.07, 6.45) is -59.6. The van der Waals surface area contributed by atoms with Crippen LogP contribution in [0.25, 0.3) is 0 Å². The van der Waals surface area contributed by atoms with Crippen molar-refractivity contribution in [2.24, 2.45) is 0 Å². The van der Waals surface area contributed by atoms with E-state index in [1.807, 2.05) is 0 Å². The molecule has 5 heterocycles. The molecule has 5 saturated heterocycles. The van der Waals surface area contributed by atoms with Crippen LogP contribution in [0, 0.1) is 0 Å². The fourth-order valence-corrected chi connectivity index (χ4v) is 6.88. The fourth-order valence-electron chi connectivity index (χ4n) is 6.88. The highest BCUT2D eigenvalue weighted by Gasteiger charge is 2.59. The molecular formula is C30H42O31. The molecule has 0 aromatic rings. The summed E-state index contributed by atoms with van der Waals surface area (Å²) in [6.45, 7) is 0. The summed E-state index contributed by atoms with van der Waals surface area (Å²) in [7, 11) is 0. The summed E-state index contributed by atoms with van der Waals surface area (Å²) >= 11 is 0. The monoisotopic (exact) mass is 898 g/mol. The van der Waals surface area contributed by atoms with Gasteiger partial charge in [-0.05, 0) is 0 Å². The van der Waals surface area contributed by atoms with E-state index in [0.717, 1.165) is 0 Å². The second-order valence-electron chi connectivity index (χ2n) is 14.1. The quantitative estimate of drug-likeness (QED) is 0.0816. The van der Waals surface area contributed by atoms with Gasteiger partial charge in [-0.2, -0.15) is 0 Å². The van der Waals surface area contributed by atoms with Crippen LogP contribution in [0.1, 0.15) is 0 Å². The SMILES string of the molecule is O=C(O)[C@H]1O[C@H](O[C@@H]2[C@H](O)[C@@H](O)[C@@H](O[C@@H]3[C@H](O)[C@@H](O)[C@@H](O[C@@H]4[C@H](O)[C@@H](O)[C@@H](O[C@@H]5[C@H](O)[C@@H](O)C(O)O[C@@H]5C(=O)O)O[C@@H]4C(=O)O)O[C@@H]3C(=O)O)O[C@@H]2C(=O)O)[C@H](O)[C@@H](O)[C@H]1O. The molecule has 61 heavy (non-hydrogen) atoms. The molecule has 348 valence electrons. The molecule has 0 bridgehead atoms. The van der Waals surface area contributed by atoms with Crippen molar-refractivity contribution in [1.82, 2.24) is 0 Å². The van der Waals surface area contributed by atoms with Crippen LogP contribution in [-0.4, -0.2) is 270 Å². The summed E-state index contributed by atoms with van der Waals surface area (Å²) < 4.78 is 45.9. The minimum absolute atomic E-state index is 1.87. The molecular weight excluding hydrogens is 856 g/mol. The minimum Gasteiger partial charge on any atom is -0.479 e. The van der Waals surface area contributed by atoms with E-state index in [2.05, 4.69) is 4.74 Å². The first kappa shape index (κ1) is 48.5. The normalized spacial score (nSPS) is 49.4.